The van der Waals surface area contributed by atoms with Crippen molar-refractivity contribution in [1.82, 2.24) is 15.2 Å². The molecule has 1 aliphatic rings. The molecule has 3 rings (SSSR count). The van der Waals surface area contributed by atoms with E-state index >= 15 is 0 Å². The summed E-state index contributed by atoms with van der Waals surface area (Å²) >= 11 is 5.28. The molecule has 1 aliphatic carbocycles. The van der Waals surface area contributed by atoms with Crippen LogP contribution in [0.2, 0.25) is 0 Å². The third kappa shape index (κ3) is 5.29. The maximum atomic E-state index is 13.1. The second-order valence-corrected chi connectivity index (χ2v) is 11.3. The molecule has 2 heterocycles. The summed E-state index contributed by atoms with van der Waals surface area (Å²) in [4.78, 5) is 33.0. The van der Waals surface area contributed by atoms with E-state index in [1.807, 2.05) is 26.8 Å². The largest absolute Gasteiger partial charge is 0.360 e. The predicted molar refractivity (Wildman–Crippen MR) is 137 cm³/mol. The smallest absolute Gasteiger partial charge is 0.253 e. The number of aromatic amines is 1. The Morgan fingerprint density at radius 1 is 1.19 bits per heavy atom. The normalized spacial score (nSPS) is 18.8. The van der Waals surface area contributed by atoms with Crippen LogP contribution in [-0.4, -0.2) is 48.5 Å². The summed E-state index contributed by atoms with van der Waals surface area (Å²) in [5, 5.41) is 4.13. The molecule has 0 radical (unpaired) electrons. The van der Waals surface area contributed by atoms with Gasteiger partial charge in [0.15, 0.2) is 0 Å². The Labute approximate surface area is 203 Å². The average molecular weight is 524 g/mol. The number of anilines is 1. The molecule has 0 saturated heterocycles. The van der Waals surface area contributed by atoms with E-state index in [0.717, 1.165) is 27.2 Å². The van der Waals surface area contributed by atoms with Crippen LogP contribution in [0.25, 0.3) is 0 Å². The van der Waals surface area contributed by atoms with Gasteiger partial charge in [0, 0.05) is 36.4 Å². The first kappa shape index (κ1) is 25.0. The summed E-state index contributed by atoms with van der Waals surface area (Å²) in [6.07, 6.45) is 4.75. The van der Waals surface area contributed by atoms with Crippen LogP contribution >= 0.6 is 27.3 Å². The number of H-pyrrole nitrogens is 1. The summed E-state index contributed by atoms with van der Waals surface area (Å²) in [6.45, 7) is 9.11. The first-order valence-electron chi connectivity index (χ1n) is 11.3. The lowest BCUT2D eigenvalue weighted by Gasteiger charge is -2.39. The van der Waals surface area contributed by atoms with Crippen molar-refractivity contribution in [2.75, 3.05) is 25.5 Å². The molecule has 32 heavy (non-hydrogen) atoms. The van der Waals surface area contributed by atoms with Crippen molar-refractivity contribution in [1.29, 1.82) is 0 Å². The first-order chi connectivity index (χ1) is 15.1. The lowest BCUT2D eigenvalue weighted by atomic mass is 9.89. The quantitative estimate of drug-likeness (QED) is 0.550. The number of halogens is 1. The predicted octanol–water partition coefficient (Wildman–Crippen LogP) is 4.75. The number of thiophene rings is 1. The molecule has 2 N–H and O–H groups in total. The highest BCUT2D eigenvalue weighted by molar-refractivity contribution is 9.11. The molecule has 0 atom stereocenters. The van der Waals surface area contributed by atoms with Crippen LogP contribution < -0.4 is 15.8 Å². The van der Waals surface area contributed by atoms with Crippen molar-refractivity contribution in [2.45, 2.75) is 72.0 Å². The highest BCUT2D eigenvalue weighted by atomic mass is 79.9. The molecule has 2 aromatic heterocycles. The van der Waals surface area contributed by atoms with Crippen molar-refractivity contribution in [2.24, 2.45) is 0 Å². The number of carbonyl (C=O) groups is 1. The zero-order valence-electron chi connectivity index (χ0n) is 20.0. The van der Waals surface area contributed by atoms with Crippen molar-refractivity contribution >= 4 is 38.2 Å². The van der Waals surface area contributed by atoms with E-state index in [9.17, 15) is 9.59 Å². The summed E-state index contributed by atoms with van der Waals surface area (Å²) in [6, 6.07) is 3.10. The third-order valence-corrected chi connectivity index (χ3v) is 8.66. The van der Waals surface area contributed by atoms with E-state index in [0.29, 0.717) is 23.2 Å². The molecule has 1 saturated carbocycles. The third-order valence-electron chi connectivity index (χ3n) is 6.66. The lowest BCUT2D eigenvalue weighted by Crippen LogP contribution is -2.42. The summed E-state index contributed by atoms with van der Waals surface area (Å²) in [5.74, 6) is -0.149. The van der Waals surface area contributed by atoms with Gasteiger partial charge in [0.25, 0.3) is 11.5 Å². The van der Waals surface area contributed by atoms with Crippen molar-refractivity contribution in [3.63, 3.8) is 0 Å². The molecule has 0 spiro atoms. The fraction of sp³-hybridized carbons (Fsp3) is 0.583. The van der Waals surface area contributed by atoms with Gasteiger partial charge in [-0.25, -0.2) is 0 Å². The molecule has 176 valence electrons. The maximum Gasteiger partial charge on any atom is 0.253 e. The minimum Gasteiger partial charge on any atom is -0.360 e. The van der Waals surface area contributed by atoms with Gasteiger partial charge >= 0.3 is 0 Å². The van der Waals surface area contributed by atoms with Gasteiger partial charge in [-0.3, -0.25) is 9.59 Å². The molecule has 6 nitrogen and oxygen atoms in total. The number of carbonyl (C=O) groups excluding carboxylic acids is 1. The summed E-state index contributed by atoms with van der Waals surface area (Å²) < 4.78 is 0.845. The van der Waals surface area contributed by atoms with Crippen LogP contribution in [0, 0.1) is 20.8 Å². The highest BCUT2D eigenvalue weighted by Gasteiger charge is 2.30. The van der Waals surface area contributed by atoms with E-state index in [2.05, 4.69) is 57.0 Å². The number of nitrogens with one attached hydrogen (secondary N) is 2. The number of rotatable bonds is 7. The Bertz CT molecular complexity index is 1020. The van der Waals surface area contributed by atoms with Gasteiger partial charge in [0.2, 0.25) is 0 Å². The molecule has 0 unspecified atom stereocenters. The molecular weight excluding hydrogens is 488 g/mol. The summed E-state index contributed by atoms with van der Waals surface area (Å²) in [7, 11) is 4.33. The lowest BCUT2D eigenvalue weighted by molar-refractivity contribution is 0.0950. The van der Waals surface area contributed by atoms with Crippen molar-refractivity contribution < 1.29 is 4.79 Å². The van der Waals surface area contributed by atoms with E-state index in [-0.39, 0.29) is 18.0 Å². The first-order valence-corrected chi connectivity index (χ1v) is 12.9. The molecule has 8 heteroatoms. The fourth-order valence-electron chi connectivity index (χ4n) is 4.81. The topological polar surface area (TPSA) is 68.4 Å². The van der Waals surface area contributed by atoms with Gasteiger partial charge in [-0.2, -0.15) is 0 Å². The van der Waals surface area contributed by atoms with E-state index in [1.165, 1.54) is 30.7 Å². The number of nitrogens with zero attached hydrogens (tertiary/aromatic N) is 2. The Morgan fingerprint density at radius 3 is 2.38 bits per heavy atom. The Balaban J connectivity index is 1.76. The monoisotopic (exact) mass is 522 g/mol. The van der Waals surface area contributed by atoms with Gasteiger partial charge in [0.1, 0.15) is 0 Å². The molecule has 0 bridgehead atoms. The number of pyridine rings is 1. The van der Waals surface area contributed by atoms with Gasteiger partial charge in [-0.05, 0) is 101 Å². The number of aromatic nitrogens is 1. The molecule has 2 aromatic rings. The van der Waals surface area contributed by atoms with E-state index in [1.54, 1.807) is 11.3 Å². The standard InChI is InChI=1S/C24H35BrN4O2S/c1-7-29(18-10-8-17(9-11-18)28(5)6)24-16(4)20(21(25)32-24)23(31)26-13-19-14(2)12-15(3)27-22(19)30/h12,17-18H,7-11,13H2,1-6H3,(H,26,31)(H,27,30). The van der Waals surface area contributed by atoms with E-state index < -0.39 is 0 Å². The second-order valence-electron chi connectivity index (χ2n) is 9.02. The van der Waals surface area contributed by atoms with Gasteiger partial charge in [-0.1, -0.05) is 0 Å². The second kappa shape index (κ2) is 10.5. The molecule has 0 aliphatic heterocycles. The van der Waals surface area contributed by atoms with Crippen LogP contribution in [0.4, 0.5) is 5.00 Å². The minimum absolute atomic E-state index is 0.143. The average Bonchev–Trinajstić information content (AvgIpc) is 3.02. The number of hydrogen-bond donors (Lipinski definition) is 2. The number of amides is 1. The molecule has 0 aromatic carbocycles. The minimum atomic E-state index is -0.149. The van der Waals surface area contributed by atoms with Crippen LogP contribution in [0.15, 0.2) is 14.6 Å². The zero-order valence-corrected chi connectivity index (χ0v) is 22.4. The molecular formula is C24H35BrN4O2S. The maximum absolute atomic E-state index is 13.1. The number of hydrogen-bond acceptors (Lipinski definition) is 5. The Kier molecular flexibility index (Phi) is 8.22. The van der Waals surface area contributed by atoms with Crippen LogP contribution in [0.5, 0.6) is 0 Å². The van der Waals surface area contributed by atoms with Gasteiger partial charge in [-0.15, -0.1) is 11.3 Å². The fourth-order valence-corrected chi connectivity index (χ4v) is 6.92. The SMILES string of the molecule is CCN(c1sc(Br)c(C(=O)NCc2c(C)cc(C)[nH]c2=O)c1C)C1CCC(N(C)C)CC1. The molecule has 1 fully saturated rings. The van der Waals surface area contributed by atoms with Gasteiger partial charge in [0.05, 0.1) is 14.4 Å². The van der Waals surface area contributed by atoms with Crippen molar-refractivity contribution in [3.8, 4) is 0 Å². The Hall–Kier alpha value is -1.64. The highest BCUT2D eigenvalue weighted by Crippen LogP contribution is 2.41. The Morgan fingerprint density at radius 2 is 1.81 bits per heavy atom. The van der Waals surface area contributed by atoms with Crippen LogP contribution in [-0.2, 0) is 6.54 Å². The van der Waals surface area contributed by atoms with Crippen molar-refractivity contribution in [3.05, 3.63) is 48.2 Å². The number of aryl methyl sites for hydroxylation is 2. The molecule has 1 amide bonds. The zero-order chi connectivity index (χ0) is 23.6. The van der Waals surface area contributed by atoms with E-state index in [4.69, 9.17) is 0 Å². The van der Waals surface area contributed by atoms with Crippen LogP contribution in [0.3, 0.4) is 0 Å². The summed E-state index contributed by atoms with van der Waals surface area (Å²) in [5.41, 5.74) is 3.84. The van der Waals surface area contributed by atoms with Gasteiger partial charge < -0.3 is 20.1 Å². The van der Waals surface area contributed by atoms with Crippen LogP contribution in [0.1, 0.15) is 65.3 Å².